The monoisotopic (exact) mass is 169 g/mol. The molecule has 1 unspecified atom stereocenters. The number of rotatable bonds is 3. The Morgan fingerprint density at radius 2 is 2.08 bits per heavy atom. The Morgan fingerprint density at radius 1 is 1.58 bits per heavy atom. The molecule has 0 aliphatic rings. The third kappa shape index (κ3) is 3.07. The largest absolute Gasteiger partial charge is 0.359 e. The average molecular weight is 169 g/mol. The molecular formula is C10H19NO. The zero-order valence-electron chi connectivity index (χ0n) is 8.48. The van der Waals surface area contributed by atoms with Crippen molar-refractivity contribution < 1.29 is 4.79 Å². The molecule has 2 nitrogen and oxygen atoms in total. The number of hydrogen-bond acceptors (Lipinski definition) is 1. The summed E-state index contributed by atoms with van der Waals surface area (Å²) in [7, 11) is 1.67. The highest BCUT2D eigenvalue weighted by atomic mass is 16.1. The van der Waals surface area contributed by atoms with E-state index in [1.807, 2.05) is 0 Å². The number of carbonyl (C=O) groups is 1. The van der Waals surface area contributed by atoms with Gasteiger partial charge in [-0.1, -0.05) is 26.8 Å². The molecule has 1 atom stereocenters. The number of nitrogens with one attached hydrogen (secondary N) is 1. The first-order valence-corrected chi connectivity index (χ1v) is 4.26. The van der Waals surface area contributed by atoms with E-state index in [4.69, 9.17) is 0 Å². The third-order valence-corrected chi connectivity index (χ3v) is 2.01. The maximum atomic E-state index is 11.4. The molecule has 70 valence electrons. The molecule has 0 aromatic carbocycles. The van der Waals surface area contributed by atoms with Crippen LogP contribution in [0.4, 0.5) is 0 Å². The molecule has 0 aliphatic carbocycles. The zero-order valence-corrected chi connectivity index (χ0v) is 8.48. The van der Waals surface area contributed by atoms with Gasteiger partial charge in [-0.2, -0.15) is 0 Å². The summed E-state index contributed by atoms with van der Waals surface area (Å²) in [6.45, 7) is 9.85. The van der Waals surface area contributed by atoms with Crippen LogP contribution in [0.1, 0.15) is 27.2 Å². The molecule has 0 aliphatic heterocycles. The zero-order chi connectivity index (χ0) is 9.78. The second kappa shape index (κ2) is 4.29. The molecule has 12 heavy (non-hydrogen) atoms. The SMILES string of the molecule is C=CCC(C(=O)NC)C(C)(C)C. The van der Waals surface area contributed by atoms with Crippen molar-refractivity contribution in [2.75, 3.05) is 7.05 Å². The van der Waals surface area contributed by atoms with Crippen LogP contribution in [-0.2, 0) is 4.79 Å². The van der Waals surface area contributed by atoms with Gasteiger partial charge in [0, 0.05) is 13.0 Å². The van der Waals surface area contributed by atoms with E-state index in [2.05, 4.69) is 32.7 Å². The molecule has 0 fully saturated rings. The highest BCUT2D eigenvalue weighted by Crippen LogP contribution is 2.28. The lowest BCUT2D eigenvalue weighted by Gasteiger charge is -2.28. The molecule has 0 radical (unpaired) electrons. The van der Waals surface area contributed by atoms with Crippen LogP contribution in [-0.4, -0.2) is 13.0 Å². The second-order valence-electron chi connectivity index (χ2n) is 4.06. The predicted octanol–water partition coefficient (Wildman–Crippen LogP) is 1.97. The molecule has 0 rings (SSSR count). The Morgan fingerprint density at radius 3 is 2.33 bits per heavy atom. The van der Waals surface area contributed by atoms with E-state index in [1.54, 1.807) is 13.1 Å². The smallest absolute Gasteiger partial charge is 0.223 e. The molecule has 2 heteroatoms. The van der Waals surface area contributed by atoms with Gasteiger partial charge in [0.15, 0.2) is 0 Å². The Bertz CT molecular complexity index is 167. The summed E-state index contributed by atoms with van der Waals surface area (Å²) in [5.74, 6) is 0.127. The molecular weight excluding hydrogens is 150 g/mol. The predicted molar refractivity (Wildman–Crippen MR) is 51.8 cm³/mol. The van der Waals surface area contributed by atoms with E-state index < -0.39 is 0 Å². The standard InChI is InChI=1S/C10H19NO/c1-6-7-8(9(12)11-5)10(2,3)4/h6,8H,1,7H2,2-5H3,(H,11,12). The molecule has 0 saturated heterocycles. The van der Waals surface area contributed by atoms with E-state index >= 15 is 0 Å². The van der Waals surface area contributed by atoms with E-state index in [-0.39, 0.29) is 17.2 Å². The van der Waals surface area contributed by atoms with Crippen molar-refractivity contribution in [1.82, 2.24) is 5.32 Å². The van der Waals surface area contributed by atoms with E-state index in [1.165, 1.54) is 0 Å². The van der Waals surface area contributed by atoms with Gasteiger partial charge in [0.05, 0.1) is 0 Å². The van der Waals surface area contributed by atoms with Crippen molar-refractivity contribution in [3.8, 4) is 0 Å². The van der Waals surface area contributed by atoms with Crippen LogP contribution in [0.15, 0.2) is 12.7 Å². The van der Waals surface area contributed by atoms with E-state index in [0.717, 1.165) is 6.42 Å². The molecule has 0 spiro atoms. The Balaban J connectivity index is 4.43. The van der Waals surface area contributed by atoms with Gasteiger partial charge in [0.1, 0.15) is 0 Å². The average Bonchev–Trinajstić information content (AvgIpc) is 1.96. The molecule has 0 heterocycles. The summed E-state index contributed by atoms with van der Waals surface area (Å²) in [5, 5.41) is 2.67. The van der Waals surface area contributed by atoms with Crippen LogP contribution < -0.4 is 5.32 Å². The Labute approximate surface area is 75.0 Å². The number of allylic oxidation sites excluding steroid dienone is 1. The van der Waals surface area contributed by atoms with Crippen molar-refractivity contribution >= 4 is 5.91 Å². The molecule has 1 amide bonds. The van der Waals surface area contributed by atoms with E-state index in [0.29, 0.717) is 0 Å². The maximum Gasteiger partial charge on any atom is 0.223 e. The summed E-state index contributed by atoms with van der Waals surface area (Å²) in [6.07, 6.45) is 2.54. The van der Waals surface area contributed by atoms with Crippen molar-refractivity contribution in [2.45, 2.75) is 27.2 Å². The van der Waals surface area contributed by atoms with Crippen LogP contribution >= 0.6 is 0 Å². The minimum atomic E-state index is 0.00822. The summed E-state index contributed by atoms with van der Waals surface area (Å²) < 4.78 is 0. The lowest BCUT2D eigenvalue weighted by atomic mass is 9.78. The Hall–Kier alpha value is -0.790. The van der Waals surface area contributed by atoms with Gasteiger partial charge in [-0.3, -0.25) is 4.79 Å². The fraction of sp³-hybridized carbons (Fsp3) is 0.700. The minimum Gasteiger partial charge on any atom is -0.359 e. The van der Waals surface area contributed by atoms with Gasteiger partial charge in [-0.05, 0) is 11.8 Å². The highest BCUT2D eigenvalue weighted by Gasteiger charge is 2.28. The van der Waals surface area contributed by atoms with Gasteiger partial charge in [0.2, 0.25) is 5.91 Å². The van der Waals surface area contributed by atoms with Crippen LogP contribution in [0.2, 0.25) is 0 Å². The fourth-order valence-corrected chi connectivity index (χ4v) is 1.19. The van der Waals surface area contributed by atoms with Crippen molar-refractivity contribution in [1.29, 1.82) is 0 Å². The first-order chi connectivity index (χ1) is 5.43. The summed E-state index contributed by atoms with van der Waals surface area (Å²) in [5.41, 5.74) is 0.00822. The minimum absolute atomic E-state index is 0.00822. The number of hydrogen-bond donors (Lipinski definition) is 1. The number of amides is 1. The van der Waals surface area contributed by atoms with Crippen LogP contribution in [0.3, 0.4) is 0 Å². The molecule has 0 saturated carbocycles. The molecule has 1 N–H and O–H groups in total. The number of carbonyl (C=O) groups excluding carboxylic acids is 1. The highest BCUT2D eigenvalue weighted by molar-refractivity contribution is 5.79. The normalized spacial score (nSPS) is 13.7. The van der Waals surface area contributed by atoms with Crippen LogP contribution in [0.5, 0.6) is 0 Å². The van der Waals surface area contributed by atoms with Crippen molar-refractivity contribution in [2.24, 2.45) is 11.3 Å². The summed E-state index contributed by atoms with van der Waals surface area (Å²) >= 11 is 0. The van der Waals surface area contributed by atoms with Gasteiger partial charge in [-0.15, -0.1) is 6.58 Å². The fourth-order valence-electron chi connectivity index (χ4n) is 1.19. The first-order valence-electron chi connectivity index (χ1n) is 4.26. The third-order valence-electron chi connectivity index (χ3n) is 2.01. The van der Waals surface area contributed by atoms with Crippen molar-refractivity contribution in [3.05, 3.63) is 12.7 Å². The van der Waals surface area contributed by atoms with Gasteiger partial charge < -0.3 is 5.32 Å². The van der Waals surface area contributed by atoms with Crippen molar-refractivity contribution in [3.63, 3.8) is 0 Å². The van der Waals surface area contributed by atoms with Crippen LogP contribution in [0.25, 0.3) is 0 Å². The van der Waals surface area contributed by atoms with Gasteiger partial charge in [0.25, 0.3) is 0 Å². The lowest BCUT2D eigenvalue weighted by molar-refractivity contribution is -0.127. The Kier molecular flexibility index (Phi) is 4.01. The van der Waals surface area contributed by atoms with Crippen LogP contribution in [0, 0.1) is 11.3 Å². The summed E-state index contributed by atoms with van der Waals surface area (Å²) in [6, 6.07) is 0. The van der Waals surface area contributed by atoms with Gasteiger partial charge >= 0.3 is 0 Å². The van der Waals surface area contributed by atoms with Gasteiger partial charge in [-0.25, -0.2) is 0 Å². The molecule has 0 bridgehead atoms. The summed E-state index contributed by atoms with van der Waals surface area (Å²) in [4.78, 5) is 11.4. The quantitative estimate of drug-likeness (QED) is 0.643. The second-order valence-corrected chi connectivity index (χ2v) is 4.06. The molecule has 0 aromatic rings. The maximum absolute atomic E-state index is 11.4. The van der Waals surface area contributed by atoms with E-state index in [9.17, 15) is 4.79 Å². The molecule has 0 aromatic heterocycles. The lowest BCUT2D eigenvalue weighted by Crippen LogP contribution is -2.35. The first kappa shape index (κ1) is 11.2. The topological polar surface area (TPSA) is 29.1 Å².